The molecule has 0 aromatic carbocycles. The third-order valence-corrected chi connectivity index (χ3v) is 4.81. The summed E-state index contributed by atoms with van der Waals surface area (Å²) in [6, 6.07) is 0. The number of ether oxygens (including phenoxy) is 1. The van der Waals surface area contributed by atoms with Gasteiger partial charge in [0.25, 0.3) is 0 Å². The summed E-state index contributed by atoms with van der Waals surface area (Å²) in [5.74, 6) is 0.554. The molecule has 5 heteroatoms. The second kappa shape index (κ2) is 7.18. The first-order valence-corrected chi connectivity index (χ1v) is 8.25. The van der Waals surface area contributed by atoms with Gasteiger partial charge in [-0.05, 0) is 52.4 Å². The molecule has 3 unspecified atom stereocenters. The fourth-order valence-corrected chi connectivity index (χ4v) is 3.68. The Balaban J connectivity index is 1.48. The SMILES string of the molecule is CN1CCCC(C2NOCC(CN3CCCCC3)O2)C1. The van der Waals surface area contributed by atoms with E-state index in [1.54, 1.807) is 0 Å². The highest BCUT2D eigenvalue weighted by molar-refractivity contribution is 4.79. The zero-order chi connectivity index (χ0) is 13.8. The summed E-state index contributed by atoms with van der Waals surface area (Å²) in [6.07, 6.45) is 6.86. The monoisotopic (exact) mass is 283 g/mol. The second-order valence-electron chi connectivity index (χ2n) is 6.63. The van der Waals surface area contributed by atoms with Crippen LogP contribution in [0.4, 0.5) is 0 Å². The van der Waals surface area contributed by atoms with E-state index in [9.17, 15) is 0 Å². The molecule has 5 nitrogen and oxygen atoms in total. The summed E-state index contributed by atoms with van der Waals surface area (Å²) in [7, 11) is 2.20. The van der Waals surface area contributed by atoms with Crippen molar-refractivity contribution in [3.8, 4) is 0 Å². The van der Waals surface area contributed by atoms with Gasteiger partial charge in [0.1, 0.15) is 6.23 Å². The zero-order valence-electron chi connectivity index (χ0n) is 12.7. The Morgan fingerprint density at radius 1 is 1.10 bits per heavy atom. The molecule has 0 saturated carbocycles. The Kier molecular flexibility index (Phi) is 5.29. The number of rotatable bonds is 3. The number of hydrogen-bond donors (Lipinski definition) is 1. The van der Waals surface area contributed by atoms with Crippen LogP contribution in [0.2, 0.25) is 0 Å². The molecule has 3 fully saturated rings. The Morgan fingerprint density at radius 2 is 1.95 bits per heavy atom. The average Bonchev–Trinajstić information content (AvgIpc) is 2.49. The van der Waals surface area contributed by atoms with Gasteiger partial charge in [0.15, 0.2) is 0 Å². The van der Waals surface area contributed by atoms with Crippen LogP contribution in [-0.2, 0) is 9.57 Å². The van der Waals surface area contributed by atoms with Crippen LogP contribution >= 0.6 is 0 Å². The fourth-order valence-electron chi connectivity index (χ4n) is 3.68. The van der Waals surface area contributed by atoms with E-state index in [0.717, 1.165) is 13.1 Å². The van der Waals surface area contributed by atoms with Crippen LogP contribution in [0, 0.1) is 5.92 Å². The Labute approximate surface area is 122 Å². The van der Waals surface area contributed by atoms with Gasteiger partial charge in [0.2, 0.25) is 0 Å². The maximum atomic E-state index is 6.27. The molecule has 0 aromatic heterocycles. The second-order valence-corrected chi connectivity index (χ2v) is 6.63. The molecule has 0 amide bonds. The van der Waals surface area contributed by atoms with Gasteiger partial charge >= 0.3 is 0 Å². The molecule has 0 bridgehead atoms. The van der Waals surface area contributed by atoms with Gasteiger partial charge in [-0.2, -0.15) is 5.48 Å². The normalized spacial score (nSPS) is 38.0. The topological polar surface area (TPSA) is 37.0 Å². The van der Waals surface area contributed by atoms with Crippen LogP contribution in [0.15, 0.2) is 0 Å². The van der Waals surface area contributed by atoms with Crippen LogP contribution in [0.25, 0.3) is 0 Å². The molecule has 3 rings (SSSR count). The van der Waals surface area contributed by atoms with E-state index in [4.69, 9.17) is 9.57 Å². The third kappa shape index (κ3) is 3.92. The number of nitrogens with one attached hydrogen (secondary N) is 1. The van der Waals surface area contributed by atoms with Crippen molar-refractivity contribution in [2.24, 2.45) is 5.92 Å². The van der Waals surface area contributed by atoms with E-state index in [2.05, 4.69) is 22.3 Å². The van der Waals surface area contributed by atoms with E-state index < -0.39 is 0 Å². The van der Waals surface area contributed by atoms with E-state index in [0.29, 0.717) is 12.5 Å². The van der Waals surface area contributed by atoms with Gasteiger partial charge in [0.05, 0.1) is 12.7 Å². The number of nitrogens with zero attached hydrogens (tertiary/aromatic N) is 2. The maximum Gasteiger partial charge on any atom is 0.134 e. The molecule has 0 aromatic rings. The van der Waals surface area contributed by atoms with Crippen LogP contribution < -0.4 is 5.48 Å². The quantitative estimate of drug-likeness (QED) is 0.838. The summed E-state index contributed by atoms with van der Waals surface area (Å²) in [6.45, 7) is 6.48. The predicted octanol–water partition coefficient (Wildman–Crippen LogP) is 1.06. The molecule has 0 radical (unpaired) electrons. The average molecular weight is 283 g/mol. The molecule has 3 atom stereocenters. The lowest BCUT2D eigenvalue weighted by Gasteiger charge is -2.40. The third-order valence-electron chi connectivity index (χ3n) is 4.81. The van der Waals surface area contributed by atoms with Crippen molar-refractivity contribution < 1.29 is 9.57 Å². The number of piperidine rings is 2. The first-order chi connectivity index (χ1) is 9.81. The van der Waals surface area contributed by atoms with Crippen molar-refractivity contribution in [2.45, 2.75) is 44.4 Å². The van der Waals surface area contributed by atoms with Crippen LogP contribution in [0.3, 0.4) is 0 Å². The molecule has 3 saturated heterocycles. The maximum absolute atomic E-state index is 6.27. The number of likely N-dealkylation sites (tertiary alicyclic amines) is 2. The minimum absolute atomic E-state index is 0.0706. The first kappa shape index (κ1) is 14.7. The summed E-state index contributed by atoms with van der Waals surface area (Å²) in [5, 5.41) is 0. The largest absolute Gasteiger partial charge is 0.354 e. The summed E-state index contributed by atoms with van der Waals surface area (Å²) >= 11 is 0. The lowest BCUT2D eigenvalue weighted by atomic mass is 9.96. The molecule has 0 spiro atoms. The molecule has 3 heterocycles. The summed E-state index contributed by atoms with van der Waals surface area (Å²) < 4.78 is 6.27. The van der Waals surface area contributed by atoms with Crippen molar-refractivity contribution in [2.75, 3.05) is 46.4 Å². The van der Waals surface area contributed by atoms with Gasteiger partial charge in [-0.1, -0.05) is 6.42 Å². The van der Waals surface area contributed by atoms with Crippen molar-refractivity contribution in [3.05, 3.63) is 0 Å². The van der Waals surface area contributed by atoms with Crippen molar-refractivity contribution in [3.63, 3.8) is 0 Å². The minimum atomic E-state index is 0.0706. The van der Waals surface area contributed by atoms with Crippen LogP contribution in [-0.4, -0.2) is 68.5 Å². The molecule has 20 heavy (non-hydrogen) atoms. The van der Waals surface area contributed by atoms with Crippen LogP contribution in [0.5, 0.6) is 0 Å². The van der Waals surface area contributed by atoms with Gasteiger partial charge in [-0.15, -0.1) is 0 Å². The highest BCUT2D eigenvalue weighted by Crippen LogP contribution is 2.23. The molecule has 1 N–H and O–H groups in total. The van der Waals surface area contributed by atoms with Gasteiger partial charge in [-0.25, -0.2) is 0 Å². The zero-order valence-corrected chi connectivity index (χ0v) is 12.7. The van der Waals surface area contributed by atoms with Crippen molar-refractivity contribution in [1.82, 2.24) is 15.3 Å². The highest BCUT2D eigenvalue weighted by atomic mass is 16.7. The molecule has 0 aliphatic carbocycles. The molecular weight excluding hydrogens is 254 g/mol. The van der Waals surface area contributed by atoms with E-state index in [1.165, 1.54) is 51.7 Å². The Hall–Kier alpha value is -0.200. The molecule has 3 aliphatic rings. The molecule has 116 valence electrons. The van der Waals surface area contributed by atoms with Crippen LogP contribution in [0.1, 0.15) is 32.1 Å². The molecule has 3 aliphatic heterocycles. The van der Waals surface area contributed by atoms with Crippen molar-refractivity contribution >= 4 is 0 Å². The van der Waals surface area contributed by atoms with Gasteiger partial charge in [0, 0.05) is 19.0 Å². The Morgan fingerprint density at radius 3 is 2.75 bits per heavy atom. The van der Waals surface area contributed by atoms with E-state index in [-0.39, 0.29) is 12.3 Å². The van der Waals surface area contributed by atoms with E-state index >= 15 is 0 Å². The highest BCUT2D eigenvalue weighted by Gasteiger charge is 2.32. The summed E-state index contributed by atoms with van der Waals surface area (Å²) in [5.41, 5.74) is 3.11. The summed E-state index contributed by atoms with van der Waals surface area (Å²) in [4.78, 5) is 10.5. The Bertz CT molecular complexity index is 297. The van der Waals surface area contributed by atoms with Crippen molar-refractivity contribution in [1.29, 1.82) is 0 Å². The molecular formula is C15H29N3O2. The van der Waals surface area contributed by atoms with Gasteiger partial charge in [-0.3, -0.25) is 4.84 Å². The lowest BCUT2D eigenvalue weighted by molar-refractivity contribution is -0.221. The number of hydroxylamine groups is 1. The smallest absolute Gasteiger partial charge is 0.134 e. The minimum Gasteiger partial charge on any atom is -0.354 e. The predicted molar refractivity (Wildman–Crippen MR) is 78.3 cm³/mol. The van der Waals surface area contributed by atoms with Gasteiger partial charge < -0.3 is 14.5 Å². The fraction of sp³-hybridized carbons (Fsp3) is 1.00. The first-order valence-electron chi connectivity index (χ1n) is 8.25. The lowest BCUT2D eigenvalue weighted by Crippen LogP contribution is -2.54. The standard InChI is InChI=1S/C15H29N3O2/c1-17-7-5-6-13(10-17)15-16-19-12-14(20-15)11-18-8-3-2-4-9-18/h13-16H,2-12H2,1H3. The van der Waals surface area contributed by atoms with E-state index in [1.807, 2.05) is 0 Å². The number of hydrogen-bond acceptors (Lipinski definition) is 5.